The van der Waals surface area contributed by atoms with Gasteiger partial charge in [-0.1, -0.05) is 23.7 Å². The molecule has 0 aliphatic rings. The molecule has 0 saturated carbocycles. The van der Waals surface area contributed by atoms with E-state index in [9.17, 15) is 14.9 Å². The Morgan fingerprint density at radius 2 is 2.04 bits per heavy atom. The third-order valence-corrected chi connectivity index (χ3v) is 3.71. The molecule has 7 heteroatoms. The van der Waals surface area contributed by atoms with Crippen LogP contribution in [0.3, 0.4) is 0 Å². The monoisotopic (exact) mass is 354 g/mol. The normalized spacial score (nSPS) is 10.9. The molecule has 0 saturated heterocycles. The molecule has 1 aromatic heterocycles. The van der Waals surface area contributed by atoms with E-state index in [1.54, 1.807) is 42.6 Å². The fourth-order valence-corrected chi connectivity index (χ4v) is 2.46. The minimum Gasteiger partial charge on any atom is -0.421 e. The standard InChI is InChI=1S/C18H11ClN2O4/c19-15-7-8-16(18-14(15)5-2-10-20-18)25-17(22)9-6-12-3-1-4-13(11-12)21(23)24/h1-11H/b9-6+. The van der Waals surface area contributed by atoms with Gasteiger partial charge in [0.15, 0.2) is 5.75 Å². The second-order valence-electron chi connectivity index (χ2n) is 5.05. The average Bonchev–Trinajstić information content (AvgIpc) is 2.63. The van der Waals surface area contributed by atoms with E-state index in [0.717, 1.165) is 0 Å². The second kappa shape index (κ2) is 7.11. The number of non-ortho nitro benzene ring substituents is 1. The van der Waals surface area contributed by atoms with E-state index in [2.05, 4.69) is 4.98 Å². The Labute approximate surface area is 147 Å². The first-order valence-corrected chi connectivity index (χ1v) is 7.60. The van der Waals surface area contributed by atoms with Crippen LogP contribution >= 0.6 is 11.6 Å². The van der Waals surface area contributed by atoms with Crippen LogP contribution in [0.2, 0.25) is 5.02 Å². The molecule has 0 aliphatic carbocycles. The van der Waals surface area contributed by atoms with Crippen molar-refractivity contribution in [2.45, 2.75) is 0 Å². The summed E-state index contributed by atoms with van der Waals surface area (Å²) >= 11 is 6.10. The summed E-state index contributed by atoms with van der Waals surface area (Å²) in [7, 11) is 0. The highest BCUT2D eigenvalue weighted by Crippen LogP contribution is 2.29. The number of aromatic nitrogens is 1. The van der Waals surface area contributed by atoms with Gasteiger partial charge in [0, 0.05) is 29.8 Å². The number of rotatable bonds is 4. The maximum atomic E-state index is 12.0. The first-order chi connectivity index (χ1) is 12.0. The van der Waals surface area contributed by atoms with E-state index >= 15 is 0 Å². The molecule has 0 aliphatic heterocycles. The number of fused-ring (bicyclic) bond motifs is 1. The zero-order valence-corrected chi connectivity index (χ0v) is 13.5. The van der Waals surface area contributed by atoms with Gasteiger partial charge in [-0.2, -0.15) is 0 Å². The third-order valence-electron chi connectivity index (χ3n) is 3.38. The number of carbonyl (C=O) groups excluding carboxylic acids is 1. The van der Waals surface area contributed by atoms with Gasteiger partial charge in [0.2, 0.25) is 0 Å². The maximum absolute atomic E-state index is 12.0. The van der Waals surface area contributed by atoms with Crippen molar-refractivity contribution in [3.8, 4) is 5.75 Å². The van der Waals surface area contributed by atoms with E-state index in [1.807, 2.05) is 0 Å². The summed E-state index contributed by atoms with van der Waals surface area (Å²) in [6, 6.07) is 12.6. The lowest BCUT2D eigenvalue weighted by Crippen LogP contribution is -2.04. The molecular weight excluding hydrogens is 344 g/mol. The summed E-state index contributed by atoms with van der Waals surface area (Å²) in [4.78, 5) is 26.5. The van der Waals surface area contributed by atoms with Crippen molar-refractivity contribution in [2.75, 3.05) is 0 Å². The van der Waals surface area contributed by atoms with Crippen LogP contribution in [0.1, 0.15) is 5.56 Å². The molecule has 0 radical (unpaired) electrons. The fraction of sp³-hybridized carbons (Fsp3) is 0. The third kappa shape index (κ3) is 3.81. The Balaban J connectivity index is 1.80. The Kier molecular flexibility index (Phi) is 4.72. The quantitative estimate of drug-likeness (QED) is 0.228. The van der Waals surface area contributed by atoms with Crippen LogP contribution in [-0.4, -0.2) is 15.9 Å². The second-order valence-corrected chi connectivity index (χ2v) is 5.46. The molecule has 3 aromatic rings. The van der Waals surface area contributed by atoms with Crippen LogP contribution in [0, 0.1) is 10.1 Å². The van der Waals surface area contributed by atoms with Gasteiger partial charge in [0.05, 0.1) is 9.95 Å². The number of nitro groups is 1. The van der Waals surface area contributed by atoms with Crippen molar-refractivity contribution >= 4 is 40.2 Å². The van der Waals surface area contributed by atoms with Crippen LogP contribution in [-0.2, 0) is 4.79 Å². The lowest BCUT2D eigenvalue weighted by molar-refractivity contribution is -0.384. The van der Waals surface area contributed by atoms with Crippen LogP contribution < -0.4 is 4.74 Å². The Morgan fingerprint density at radius 3 is 2.84 bits per heavy atom. The summed E-state index contributed by atoms with van der Waals surface area (Å²) in [5.74, 6) is -0.338. The SMILES string of the molecule is O=C(/C=C/c1cccc([N+](=O)[O-])c1)Oc1ccc(Cl)c2cccnc12. The average molecular weight is 355 g/mol. The van der Waals surface area contributed by atoms with E-state index in [1.165, 1.54) is 24.3 Å². The van der Waals surface area contributed by atoms with E-state index in [-0.39, 0.29) is 11.4 Å². The number of esters is 1. The van der Waals surface area contributed by atoms with Crippen molar-refractivity contribution < 1.29 is 14.5 Å². The number of benzene rings is 2. The number of nitrogens with zero attached hydrogens (tertiary/aromatic N) is 2. The van der Waals surface area contributed by atoms with Crippen molar-refractivity contribution in [2.24, 2.45) is 0 Å². The molecule has 0 spiro atoms. The zero-order valence-electron chi connectivity index (χ0n) is 12.8. The van der Waals surface area contributed by atoms with Gasteiger partial charge in [-0.15, -0.1) is 0 Å². The van der Waals surface area contributed by atoms with Crippen LogP contribution in [0.4, 0.5) is 5.69 Å². The van der Waals surface area contributed by atoms with Crippen molar-refractivity contribution in [3.05, 3.63) is 81.5 Å². The fourth-order valence-electron chi connectivity index (χ4n) is 2.24. The number of hydrogen-bond donors (Lipinski definition) is 0. The Morgan fingerprint density at radius 1 is 1.20 bits per heavy atom. The number of nitro benzene ring substituents is 1. The number of halogens is 1. The van der Waals surface area contributed by atoms with Gasteiger partial charge in [0.25, 0.3) is 5.69 Å². The molecular formula is C18H11ClN2O4. The molecule has 2 aromatic carbocycles. The lowest BCUT2D eigenvalue weighted by atomic mass is 10.2. The van der Waals surface area contributed by atoms with Crippen molar-refractivity contribution in [1.29, 1.82) is 0 Å². The number of ether oxygens (including phenoxy) is 1. The molecule has 0 bridgehead atoms. The molecule has 3 rings (SSSR count). The minimum atomic E-state index is -0.624. The molecule has 0 atom stereocenters. The number of pyridine rings is 1. The predicted octanol–water partition coefficient (Wildman–Crippen LogP) is 4.42. The van der Waals surface area contributed by atoms with Gasteiger partial charge in [0.1, 0.15) is 5.52 Å². The summed E-state index contributed by atoms with van der Waals surface area (Å²) in [5, 5.41) is 11.9. The molecule has 0 N–H and O–H groups in total. The van der Waals surface area contributed by atoms with Crippen molar-refractivity contribution in [1.82, 2.24) is 4.98 Å². The zero-order chi connectivity index (χ0) is 17.8. The summed E-state index contributed by atoms with van der Waals surface area (Å²) in [6.07, 6.45) is 4.22. The molecule has 6 nitrogen and oxygen atoms in total. The molecule has 0 fully saturated rings. The minimum absolute atomic E-state index is 0.0524. The van der Waals surface area contributed by atoms with Gasteiger partial charge in [-0.25, -0.2) is 4.79 Å². The topological polar surface area (TPSA) is 82.3 Å². The van der Waals surface area contributed by atoms with E-state index in [0.29, 0.717) is 21.5 Å². The highest BCUT2D eigenvalue weighted by molar-refractivity contribution is 6.35. The smallest absolute Gasteiger partial charge is 0.336 e. The molecule has 25 heavy (non-hydrogen) atoms. The lowest BCUT2D eigenvalue weighted by Gasteiger charge is -2.06. The van der Waals surface area contributed by atoms with Crippen LogP contribution in [0.5, 0.6) is 5.75 Å². The maximum Gasteiger partial charge on any atom is 0.336 e. The first kappa shape index (κ1) is 16.6. The predicted molar refractivity (Wildman–Crippen MR) is 94.5 cm³/mol. The summed E-state index contributed by atoms with van der Waals surface area (Å²) in [6.45, 7) is 0. The molecule has 0 amide bonds. The van der Waals surface area contributed by atoms with E-state index in [4.69, 9.17) is 16.3 Å². The van der Waals surface area contributed by atoms with Crippen LogP contribution in [0.25, 0.3) is 17.0 Å². The Hall–Kier alpha value is -3.25. The van der Waals surface area contributed by atoms with Gasteiger partial charge < -0.3 is 4.74 Å². The van der Waals surface area contributed by atoms with Crippen molar-refractivity contribution in [3.63, 3.8) is 0 Å². The molecule has 124 valence electrons. The Bertz CT molecular complexity index is 1000. The van der Waals surface area contributed by atoms with Gasteiger partial charge in [-0.3, -0.25) is 15.1 Å². The number of carbonyl (C=O) groups is 1. The highest BCUT2D eigenvalue weighted by Gasteiger charge is 2.10. The van der Waals surface area contributed by atoms with E-state index < -0.39 is 10.9 Å². The molecule has 1 heterocycles. The van der Waals surface area contributed by atoms with Crippen LogP contribution in [0.15, 0.2) is 60.8 Å². The number of hydrogen-bond acceptors (Lipinski definition) is 5. The largest absolute Gasteiger partial charge is 0.421 e. The molecule has 0 unspecified atom stereocenters. The summed E-state index contributed by atoms with van der Waals surface area (Å²) < 4.78 is 5.30. The first-order valence-electron chi connectivity index (χ1n) is 7.22. The van der Waals surface area contributed by atoms with Gasteiger partial charge >= 0.3 is 5.97 Å². The van der Waals surface area contributed by atoms with Gasteiger partial charge in [-0.05, 0) is 35.9 Å². The highest BCUT2D eigenvalue weighted by atomic mass is 35.5. The summed E-state index contributed by atoms with van der Waals surface area (Å²) in [5.41, 5.74) is 0.945.